The molecule has 1 amide bonds. The van der Waals surface area contributed by atoms with Crippen molar-refractivity contribution in [3.63, 3.8) is 0 Å². The second-order valence-electron chi connectivity index (χ2n) is 7.04. The maximum absolute atomic E-state index is 12.8. The largest absolute Gasteiger partial charge is 0.465 e. The molecule has 0 aliphatic carbocycles. The molecule has 8 nitrogen and oxygen atoms in total. The van der Waals surface area contributed by atoms with Crippen molar-refractivity contribution in [1.82, 2.24) is 14.8 Å². The Labute approximate surface area is 174 Å². The molecule has 0 fully saturated rings. The first kappa shape index (κ1) is 21.0. The average Bonchev–Trinajstić information content (AvgIpc) is 3.19. The Kier molecular flexibility index (Phi) is 5.86. The molecular weight excluding hydrogens is 384 g/mol. The molecule has 3 rings (SSSR count). The first-order valence-corrected chi connectivity index (χ1v) is 9.46. The number of para-hydroxylation sites is 1. The molecule has 0 aliphatic heterocycles. The smallest absolute Gasteiger partial charge is 0.339 e. The third-order valence-corrected chi connectivity index (χ3v) is 4.96. The van der Waals surface area contributed by atoms with Crippen LogP contribution in [0.15, 0.2) is 30.3 Å². The van der Waals surface area contributed by atoms with Crippen LogP contribution in [0.5, 0.6) is 0 Å². The van der Waals surface area contributed by atoms with Crippen molar-refractivity contribution in [2.24, 2.45) is 0 Å². The van der Waals surface area contributed by atoms with Crippen LogP contribution in [-0.4, -0.2) is 39.5 Å². The summed E-state index contributed by atoms with van der Waals surface area (Å²) >= 11 is 0. The van der Waals surface area contributed by atoms with Crippen molar-refractivity contribution in [3.8, 4) is 5.69 Å². The number of rotatable bonds is 6. The van der Waals surface area contributed by atoms with Crippen molar-refractivity contribution < 1.29 is 19.1 Å². The standard InChI is InChI=1S/C22H24N4O4/c1-12-19(22(29)30-5)17(23-20(12)15(4)27)11-18(28)24-21-13(2)25-26(14(21)3)16-9-7-6-8-10-16/h6-10,23H,11H2,1-5H3,(H,24,28). The number of nitrogens with one attached hydrogen (secondary N) is 2. The minimum absolute atomic E-state index is 0.117. The highest BCUT2D eigenvalue weighted by molar-refractivity contribution is 6.02. The van der Waals surface area contributed by atoms with E-state index in [0.717, 1.165) is 11.4 Å². The highest BCUT2D eigenvalue weighted by Gasteiger charge is 2.25. The summed E-state index contributed by atoms with van der Waals surface area (Å²) < 4.78 is 6.59. The molecule has 2 N–H and O–H groups in total. The Hall–Kier alpha value is -3.68. The fourth-order valence-corrected chi connectivity index (χ4v) is 3.51. The van der Waals surface area contributed by atoms with Gasteiger partial charge in [0, 0.05) is 12.6 Å². The topological polar surface area (TPSA) is 106 Å². The number of aromatic nitrogens is 3. The number of nitrogens with zero attached hydrogens (tertiary/aromatic N) is 2. The van der Waals surface area contributed by atoms with Crippen molar-refractivity contribution >= 4 is 23.3 Å². The van der Waals surface area contributed by atoms with E-state index < -0.39 is 5.97 Å². The molecule has 0 radical (unpaired) electrons. The molecule has 0 aliphatic rings. The Morgan fingerprint density at radius 3 is 2.40 bits per heavy atom. The van der Waals surface area contributed by atoms with Crippen molar-refractivity contribution in [2.75, 3.05) is 12.4 Å². The maximum atomic E-state index is 12.8. The summed E-state index contributed by atoms with van der Waals surface area (Å²) in [5, 5.41) is 7.40. The number of amides is 1. The number of anilines is 1. The molecule has 0 atom stereocenters. The molecule has 0 saturated heterocycles. The van der Waals surface area contributed by atoms with Crippen molar-refractivity contribution in [2.45, 2.75) is 34.1 Å². The zero-order valence-corrected chi connectivity index (χ0v) is 17.6. The van der Waals surface area contributed by atoms with Crippen LogP contribution in [0.25, 0.3) is 5.69 Å². The lowest BCUT2D eigenvalue weighted by Gasteiger charge is -2.08. The summed E-state index contributed by atoms with van der Waals surface area (Å²) in [7, 11) is 1.26. The fourth-order valence-electron chi connectivity index (χ4n) is 3.51. The predicted octanol–water partition coefficient (Wildman–Crippen LogP) is 3.30. The van der Waals surface area contributed by atoms with Crippen LogP contribution in [-0.2, 0) is 16.0 Å². The maximum Gasteiger partial charge on any atom is 0.339 e. The molecule has 156 valence electrons. The molecule has 1 aromatic carbocycles. The summed E-state index contributed by atoms with van der Waals surface area (Å²) in [6.45, 7) is 6.73. The number of H-pyrrole nitrogens is 1. The fraction of sp³-hybridized carbons (Fsp3) is 0.273. The second kappa shape index (κ2) is 8.36. The van der Waals surface area contributed by atoms with Gasteiger partial charge in [-0.15, -0.1) is 0 Å². The minimum Gasteiger partial charge on any atom is -0.465 e. The lowest BCUT2D eigenvalue weighted by Crippen LogP contribution is -2.18. The number of ether oxygens (including phenoxy) is 1. The Morgan fingerprint density at radius 2 is 1.80 bits per heavy atom. The molecule has 0 bridgehead atoms. The van der Waals surface area contributed by atoms with Crippen LogP contribution in [0.2, 0.25) is 0 Å². The Balaban J connectivity index is 1.89. The van der Waals surface area contributed by atoms with E-state index in [1.165, 1.54) is 14.0 Å². The molecule has 8 heteroatoms. The zero-order chi connectivity index (χ0) is 22.0. The van der Waals surface area contributed by atoms with Gasteiger partial charge in [-0.1, -0.05) is 18.2 Å². The number of carbonyl (C=O) groups excluding carboxylic acids is 3. The molecule has 2 heterocycles. The quantitative estimate of drug-likeness (QED) is 0.481. The number of aromatic amines is 1. The minimum atomic E-state index is -0.594. The van der Waals surface area contributed by atoms with Crippen LogP contribution in [0.1, 0.15) is 50.4 Å². The van der Waals surface area contributed by atoms with Crippen LogP contribution >= 0.6 is 0 Å². The van der Waals surface area contributed by atoms with Crippen molar-refractivity contribution in [1.29, 1.82) is 0 Å². The van der Waals surface area contributed by atoms with E-state index in [1.807, 2.05) is 44.2 Å². The number of esters is 1. The molecule has 0 saturated carbocycles. The van der Waals surface area contributed by atoms with Gasteiger partial charge in [0.1, 0.15) is 0 Å². The number of Topliss-reactive ketones (excluding diaryl/α,β-unsaturated/α-hetero) is 1. The first-order chi connectivity index (χ1) is 14.2. The number of hydrogen-bond acceptors (Lipinski definition) is 5. The number of hydrogen-bond donors (Lipinski definition) is 2. The van der Waals surface area contributed by atoms with E-state index in [-0.39, 0.29) is 23.7 Å². The van der Waals surface area contributed by atoms with Gasteiger partial charge in [0.2, 0.25) is 5.91 Å². The third kappa shape index (κ3) is 3.89. The van der Waals surface area contributed by atoms with Gasteiger partial charge >= 0.3 is 5.97 Å². The Bertz CT molecular complexity index is 1130. The van der Waals surface area contributed by atoms with Crippen LogP contribution in [0.4, 0.5) is 5.69 Å². The van der Waals surface area contributed by atoms with Gasteiger partial charge in [-0.25, -0.2) is 9.48 Å². The van der Waals surface area contributed by atoms with E-state index in [0.29, 0.717) is 28.3 Å². The van der Waals surface area contributed by atoms with Crippen LogP contribution in [0.3, 0.4) is 0 Å². The lowest BCUT2D eigenvalue weighted by molar-refractivity contribution is -0.115. The summed E-state index contributed by atoms with van der Waals surface area (Å²) in [4.78, 5) is 39.7. The summed E-state index contributed by atoms with van der Waals surface area (Å²) in [6.07, 6.45) is -0.117. The first-order valence-electron chi connectivity index (χ1n) is 9.46. The molecule has 30 heavy (non-hydrogen) atoms. The SMILES string of the molecule is COC(=O)c1c(CC(=O)Nc2c(C)nn(-c3ccccc3)c2C)[nH]c(C(C)=O)c1C. The Morgan fingerprint density at radius 1 is 1.13 bits per heavy atom. The number of aryl methyl sites for hydroxylation is 1. The second-order valence-corrected chi connectivity index (χ2v) is 7.04. The monoisotopic (exact) mass is 408 g/mol. The van der Waals surface area contributed by atoms with Gasteiger partial charge in [-0.3, -0.25) is 9.59 Å². The van der Waals surface area contributed by atoms with Gasteiger partial charge in [0.15, 0.2) is 5.78 Å². The van der Waals surface area contributed by atoms with Gasteiger partial charge in [0.25, 0.3) is 0 Å². The highest BCUT2D eigenvalue weighted by Crippen LogP contribution is 2.24. The third-order valence-electron chi connectivity index (χ3n) is 4.96. The number of carbonyl (C=O) groups is 3. The molecular formula is C22H24N4O4. The van der Waals surface area contributed by atoms with Crippen molar-refractivity contribution in [3.05, 3.63) is 64.2 Å². The predicted molar refractivity (Wildman–Crippen MR) is 112 cm³/mol. The number of benzene rings is 1. The van der Waals surface area contributed by atoms with Crippen LogP contribution in [0, 0.1) is 20.8 Å². The van der Waals surface area contributed by atoms with Gasteiger partial charge < -0.3 is 15.0 Å². The zero-order valence-electron chi connectivity index (χ0n) is 17.6. The summed E-state index contributed by atoms with van der Waals surface area (Å²) in [6, 6.07) is 9.61. The van der Waals surface area contributed by atoms with E-state index in [4.69, 9.17) is 4.74 Å². The van der Waals surface area contributed by atoms with Crippen LogP contribution < -0.4 is 5.32 Å². The van der Waals surface area contributed by atoms with E-state index in [9.17, 15) is 14.4 Å². The molecule has 0 unspecified atom stereocenters. The van der Waals surface area contributed by atoms with Gasteiger partial charge in [0.05, 0.1) is 47.6 Å². The molecule has 2 aromatic heterocycles. The molecule has 3 aromatic rings. The lowest BCUT2D eigenvalue weighted by atomic mass is 10.1. The van der Waals surface area contributed by atoms with E-state index in [1.54, 1.807) is 11.6 Å². The average molecular weight is 408 g/mol. The number of methoxy groups -OCH3 is 1. The number of ketones is 1. The van der Waals surface area contributed by atoms with Gasteiger partial charge in [-0.2, -0.15) is 5.10 Å². The van der Waals surface area contributed by atoms with E-state index in [2.05, 4.69) is 15.4 Å². The highest BCUT2D eigenvalue weighted by atomic mass is 16.5. The normalized spacial score (nSPS) is 10.7. The summed E-state index contributed by atoms with van der Waals surface area (Å²) in [5.41, 5.74) is 4.27. The van der Waals surface area contributed by atoms with E-state index >= 15 is 0 Å². The summed E-state index contributed by atoms with van der Waals surface area (Å²) in [5.74, 6) is -1.15. The van der Waals surface area contributed by atoms with Gasteiger partial charge in [-0.05, 0) is 38.5 Å². The molecule has 0 spiro atoms.